The maximum Gasteiger partial charge on any atom is 0.271 e. The summed E-state index contributed by atoms with van der Waals surface area (Å²) in [5, 5.41) is 13.5. The Labute approximate surface area is 151 Å². The number of amides is 1. The number of anilines is 1. The van der Waals surface area contributed by atoms with Crippen LogP contribution >= 0.6 is 0 Å². The molecule has 136 valence electrons. The summed E-state index contributed by atoms with van der Waals surface area (Å²) >= 11 is 0. The Kier molecular flexibility index (Phi) is 6.32. The molecule has 7 nitrogen and oxygen atoms in total. The van der Waals surface area contributed by atoms with Crippen molar-refractivity contribution in [3.05, 3.63) is 64.2 Å². The number of ether oxygens (including phenoxy) is 2. The van der Waals surface area contributed by atoms with E-state index in [-0.39, 0.29) is 17.5 Å². The van der Waals surface area contributed by atoms with Gasteiger partial charge in [0.15, 0.2) is 0 Å². The fourth-order valence-electron chi connectivity index (χ4n) is 2.22. The lowest BCUT2D eigenvalue weighted by atomic mass is 10.2. The molecule has 0 radical (unpaired) electrons. The van der Waals surface area contributed by atoms with Crippen LogP contribution in [-0.4, -0.2) is 24.0 Å². The van der Waals surface area contributed by atoms with E-state index in [4.69, 9.17) is 9.47 Å². The largest absolute Gasteiger partial charge is 0.495 e. The van der Waals surface area contributed by atoms with Gasteiger partial charge in [0.25, 0.3) is 5.69 Å². The Morgan fingerprint density at radius 3 is 2.65 bits per heavy atom. The Bertz CT molecular complexity index is 830. The van der Waals surface area contributed by atoms with Crippen molar-refractivity contribution in [2.45, 2.75) is 20.0 Å². The van der Waals surface area contributed by atoms with Gasteiger partial charge in [-0.3, -0.25) is 14.9 Å². The first kappa shape index (κ1) is 19.0. The molecule has 0 aliphatic heterocycles. The molecule has 0 saturated heterocycles. The van der Waals surface area contributed by atoms with E-state index < -0.39 is 10.8 Å². The van der Waals surface area contributed by atoms with Gasteiger partial charge in [0.2, 0.25) is 5.91 Å². The first-order chi connectivity index (χ1) is 12.4. The van der Waals surface area contributed by atoms with Crippen LogP contribution in [0.3, 0.4) is 0 Å². The molecular weight excluding hydrogens is 336 g/mol. The van der Waals surface area contributed by atoms with Gasteiger partial charge in [-0.1, -0.05) is 12.1 Å². The van der Waals surface area contributed by atoms with Gasteiger partial charge < -0.3 is 14.8 Å². The Hall–Kier alpha value is -3.35. The third-order valence-electron chi connectivity index (χ3n) is 3.31. The van der Waals surface area contributed by atoms with Crippen LogP contribution in [0.4, 0.5) is 11.4 Å². The van der Waals surface area contributed by atoms with Gasteiger partial charge in [0, 0.05) is 18.2 Å². The topological polar surface area (TPSA) is 90.7 Å². The van der Waals surface area contributed by atoms with E-state index in [0.717, 1.165) is 5.56 Å². The number of rotatable bonds is 7. The zero-order valence-electron chi connectivity index (χ0n) is 14.8. The van der Waals surface area contributed by atoms with Crippen molar-refractivity contribution < 1.29 is 19.2 Å². The minimum atomic E-state index is -0.537. The molecule has 2 aromatic rings. The average Bonchev–Trinajstić information content (AvgIpc) is 2.59. The fourth-order valence-corrected chi connectivity index (χ4v) is 2.22. The Morgan fingerprint density at radius 2 is 2.00 bits per heavy atom. The van der Waals surface area contributed by atoms with Crippen molar-refractivity contribution in [3.8, 4) is 11.5 Å². The van der Waals surface area contributed by atoms with E-state index in [2.05, 4.69) is 5.32 Å². The predicted molar refractivity (Wildman–Crippen MR) is 99.5 cm³/mol. The summed E-state index contributed by atoms with van der Waals surface area (Å²) < 4.78 is 10.7. The van der Waals surface area contributed by atoms with Crippen LogP contribution in [0.15, 0.2) is 48.5 Å². The first-order valence-corrected chi connectivity index (χ1v) is 7.97. The summed E-state index contributed by atoms with van der Waals surface area (Å²) in [5.41, 5.74) is 0.890. The average molecular weight is 356 g/mol. The lowest BCUT2D eigenvalue weighted by Gasteiger charge is -2.10. The highest BCUT2D eigenvalue weighted by molar-refractivity contribution is 6.03. The number of carbonyl (C=O) groups is 1. The number of carbonyl (C=O) groups excluding carboxylic acids is 1. The van der Waals surface area contributed by atoms with Crippen molar-refractivity contribution in [2.24, 2.45) is 0 Å². The highest BCUT2D eigenvalue weighted by Crippen LogP contribution is 2.28. The third-order valence-corrected chi connectivity index (χ3v) is 3.31. The molecule has 26 heavy (non-hydrogen) atoms. The smallest absolute Gasteiger partial charge is 0.271 e. The Balaban J connectivity index is 2.12. The van der Waals surface area contributed by atoms with E-state index in [1.807, 2.05) is 38.1 Å². The number of hydrogen-bond acceptors (Lipinski definition) is 5. The van der Waals surface area contributed by atoms with E-state index >= 15 is 0 Å². The highest BCUT2D eigenvalue weighted by Gasteiger charge is 2.12. The number of nitrogens with zero attached hydrogens (tertiary/aromatic N) is 1. The van der Waals surface area contributed by atoms with Gasteiger partial charge in [-0.15, -0.1) is 0 Å². The molecule has 0 aliphatic carbocycles. The lowest BCUT2D eigenvalue weighted by molar-refractivity contribution is -0.384. The van der Waals surface area contributed by atoms with E-state index in [9.17, 15) is 14.9 Å². The molecule has 0 saturated carbocycles. The van der Waals surface area contributed by atoms with Crippen LogP contribution in [-0.2, 0) is 4.79 Å². The molecule has 0 bridgehead atoms. The van der Waals surface area contributed by atoms with Gasteiger partial charge in [-0.2, -0.15) is 0 Å². The minimum absolute atomic E-state index is 0.0545. The number of nitro groups is 1. The molecule has 0 aromatic heterocycles. The molecule has 1 amide bonds. The van der Waals surface area contributed by atoms with Crippen molar-refractivity contribution in [3.63, 3.8) is 0 Å². The van der Waals surface area contributed by atoms with Crippen LogP contribution < -0.4 is 14.8 Å². The number of benzene rings is 2. The zero-order chi connectivity index (χ0) is 19.1. The summed E-state index contributed by atoms with van der Waals surface area (Å²) in [5.74, 6) is 0.617. The second-order valence-corrected chi connectivity index (χ2v) is 5.70. The number of methoxy groups -OCH3 is 1. The van der Waals surface area contributed by atoms with Crippen LogP contribution in [0.5, 0.6) is 11.5 Å². The van der Waals surface area contributed by atoms with Crippen molar-refractivity contribution in [1.29, 1.82) is 0 Å². The number of hydrogen-bond donors (Lipinski definition) is 1. The fraction of sp³-hybridized carbons (Fsp3) is 0.211. The van der Waals surface area contributed by atoms with E-state index in [1.54, 1.807) is 6.08 Å². The van der Waals surface area contributed by atoms with Crippen molar-refractivity contribution in [1.82, 2.24) is 0 Å². The monoisotopic (exact) mass is 356 g/mol. The maximum atomic E-state index is 12.1. The number of nitrogens with one attached hydrogen (secondary N) is 1. The lowest BCUT2D eigenvalue weighted by Crippen LogP contribution is -2.09. The minimum Gasteiger partial charge on any atom is -0.495 e. The van der Waals surface area contributed by atoms with Gasteiger partial charge in [0.05, 0.1) is 23.8 Å². The predicted octanol–water partition coefficient (Wildman–Crippen LogP) is 4.04. The van der Waals surface area contributed by atoms with Gasteiger partial charge >= 0.3 is 0 Å². The SMILES string of the molecule is COc1ccc([N+](=O)[O-])cc1NC(=O)/C=C/c1cccc(OC(C)C)c1. The molecule has 0 unspecified atom stereocenters. The Morgan fingerprint density at radius 1 is 1.23 bits per heavy atom. The molecule has 0 spiro atoms. The van der Waals surface area contributed by atoms with Crippen LogP contribution in [0.1, 0.15) is 19.4 Å². The summed E-state index contributed by atoms with van der Waals surface area (Å²) in [6, 6.07) is 11.3. The van der Waals surface area contributed by atoms with Crippen LogP contribution in [0.25, 0.3) is 6.08 Å². The second-order valence-electron chi connectivity index (χ2n) is 5.70. The summed E-state index contributed by atoms with van der Waals surface area (Å²) in [6.45, 7) is 3.87. The van der Waals surface area contributed by atoms with Crippen LogP contribution in [0, 0.1) is 10.1 Å². The molecule has 0 aliphatic rings. The summed E-state index contributed by atoms with van der Waals surface area (Å²) in [7, 11) is 1.42. The molecule has 2 rings (SSSR count). The van der Waals surface area contributed by atoms with Gasteiger partial charge in [-0.25, -0.2) is 0 Å². The van der Waals surface area contributed by atoms with E-state index in [1.165, 1.54) is 31.4 Å². The first-order valence-electron chi connectivity index (χ1n) is 7.97. The van der Waals surface area contributed by atoms with Crippen LogP contribution in [0.2, 0.25) is 0 Å². The van der Waals surface area contributed by atoms with Gasteiger partial charge in [-0.05, 0) is 43.7 Å². The molecule has 7 heteroatoms. The highest BCUT2D eigenvalue weighted by atomic mass is 16.6. The molecule has 1 N–H and O–H groups in total. The maximum absolute atomic E-state index is 12.1. The molecular formula is C19H20N2O5. The second kappa shape index (κ2) is 8.66. The number of nitro benzene ring substituents is 1. The molecule has 0 atom stereocenters. The quantitative estimate of drug-likeness (QED) is 0.459. The van der Waals surface area contributed by atoms with Crippen molar-refractivity contribution in [2.75, 3.05) is 12.4 Å². The third kappa shape index (κ3) is 5.34. The summed E-state index contributed by atoms with van der Waals surface area (Å²) in [6.07, 6.45) is 3.03. The molecule has 2 aromatic carbocycles. The molecule has 0 fully saturated rings. The van der Waals surface area contributed by atoms with Crippen molar-refractivity contribution >= 4 is 23.4 Å². The van der Waals surface area contributed by atoms with E-state index in [0.29, 0.717) is 11.5 Å². The van der Waals surface area contributed by atoms with Gasteiger partial charge in [0.1, 0.15) is 11.5 Å². The normalized spacial score (nSPS) is 10.8. The zero-order valence-corrected chi connectivity index (χ0v) is 14.8. The standard InChI is InChI=1S/C19H20N2O5/c1-13(2)26-16-6-4-5-14(11-16)7-10-19(22)20-17-12-15(21(23)24)8-9-18(17)25-3/h4-13H,1-3H3,(H,20,22)/b10-7+. The number of non-ortho nitro benzene ring substituents is 1. The summed E-state index contributed by atoms with van der Waals surface area (Å²) in [4.78, 5) is 22.5. The molecule has 0 heterocycles.